The van der Waals surface area contributed by atoms with Crippen LogP contribution in [0.3, 0.4) is 0 Å². The van der Waals surface area contributed by atoms with Crippen molar-refractivity contribution in [1.82, 2.24) is 20.0 Å². The van der Waals surface area contributed by atoms with E-state index in [4.69, 9.17) is 0 Å². The van der Waals surface area contributed by atoms with Gasteiger partial charge in [-0.1, -0.05) is 0 Å². The molecule has 2 atom stereocenters. The van der Waals surface area contributed by atoms with E-state index in [9.17, 15) is 19.8 Å². The van der Waals surface area contributed by atoms with Crippen LogP contribution in [0, 0.1) is 0 Å². The lowest BCUT2D eigenvalue weighted by Gasteiger charge is -2.41. The summed E-state index contributed by atoms with van der Waals surface area (Å²) in [6.07, 6.45) is -0.504. The fourth-order valence-electron chi connectivity index (χ4n) is 4.48. The number of piperidine rings is 1. The monoisotopic (exact) mass is 401 g/mol. The Labute approximate surface area is 168 Å². The van der Waals surface area contributed by atoms with Crippen molar-refractivity contribution in [2.24, 2.45) is 7.05 Å². The number of aliphatic hydroxyl groups excluding tert-OH is 1. The van der Waals surface area contributed by atoms with Crippen LogP contribution in [0.4, 0.5) is 5.69 Å². The molecule has 1 aromatic heterocycles. The highest BCUT2D eigenvalue weighted by Gasteiger charge is 2.32. The van der Waals surface area contributed by atoms with E-state index in [0.29, 0.717) is 18.5 Å². The van der Waals surface area contributed by atoms with E-state index in [1.165, 1.54) is 0 Å². The number of benzene rings is 1. The SMILES string of the molecule is C[C@@H]1CN(CC(O)O)CCN1c1ccc2c(C3CCC(=O)NC3=O)nn(C)c2c1. The molecule has 0 aliphatic carbocycles. The van der Waals surface area contributed by atoms with Crippen molar-refractivity contribution < 1.29 is 19.8 Å². The van der Waals surface area contributed by atoms with Crippen LogP contribution in [0.1, 0.15) is 31.4 Å². The Morgan fingerprint density at radius 1 is 1.28 bits per heavy atom. The van der Waals surface area contributed by atoms with Gasteiger partial charge in [0.15, 0.2) is 6.29 Å². The standard InChI is InChI=1S/C20H27N5O4/c1-12-10-24(11-18(27)28)7-8-25(12)13-3-4-14-16(9-13)23(2)22-19(14)15-5-6-17(26)21-20(15)29/h3-4,9,12,15,18,27-28H,5-8,10-11H2,1-2H3,(H,21,26,29)/t12-,15?/m1/s1. The number of β-amino-alcohol motifs (C(OH)–C–C–N with tert-alkyl or cyclic N) is 2. The molecule has 3 N–H and O–H groups in total. The van der Waals surface area contributed by atoms with E-state index < -0.39 is 12.2 Å². The van der Waals surface area contributed by atoms with Crippen LogP contribution in [0.5, 0.6) is 0 Å². The molecule has 2 aromatic rings. The Hall–Kier alpha value is -2.49. The average Bonchev–Trinajstić information content (AvgIpc) is 2.97. The molecule has 2 aliphatic rings. The molecule has 0 radical (unpaired) electrons. The number of fused-ring (bicyclic) bond motifs is 1. The van der Waals surface area contributed by atoms with Crippen LogP contribution < -0.4 is 10.2 Å². The van der Waals surface area contributed by atoms with Gasteiger partial charge in [0.2, 0.25) is 11.8 Å². The summed E-state index contributed by atoms with van der Waals surface area (Å²) >= 11 is 0. The molecule has 29 heavy (non-hydrogen) atoms. The zero-order valence-corrected chi connectivity index (χ0v) is 16.7. The Morgan fingerprint density at radius 3 is 2.76 bits per heavy atom. The van der Waals surface area contributed by atoms with Crippen molar-refractivity contribution in [3.63, 3.8) is 0 Å². The lowest BCUT2D eigenvalue weighted by molar-refractivity contribution is -0.134. The van der Waals surface area contributed by atoms with Crippen molar-refractivity contribution in [3.8, 4) is 0 Å². The second-order valence-electron chi connectivity index (χ2n) is 8.00. The number of nitrogens with zero attached hydrogens (tertiary/aromatic N) is 4. The summed E-state index contributed by atoms with van der Waals surface area (Å²) in [7, 11) is 1.87. The van der Waals surface area contributed by atoms with Gasteiger partial charge in [0.1, 0.15) is 0 Å². The van der Waals surface area contributed by atoms with Gasteiger partial charge in [0, 0.05) is 56.8 Å². The maximum atomic E-state index is 12.3. The Balaban J connectivity index is 1.59. The van der Waals surface area contributed by atoms with Gasteiger partial charge in [-0.15, -0.1) is 0 Å². The first kappa shape index (κ1) is 19.8. The van der Waals surface area contributed by atoms with Gasteiger partial charge in [0.25, 0.3) is 0 Å². The highest BCUT2D eigenvalue weighted by molar-refractivity contribution is 6.02. The van der Waals surface area contributed by atoms with Gasteiger partial charge in [-0.3, -0.25) is 24.5 Å². The highest BCUT2D eigenvalue weighted by Crippen LogP contribution is 2.33. The lowest BCUT2D eigenvalue weighted by atomic mass is 9.92. The minimum absolute atomic E-state index is 0.225. The number of aliphatic hydroxyl groups is 2. The van der Waals surface area contributed by atoms with E-state index in [-0.39, 0.29) is 24.4 Å². The Kier molecular flexibility index (Phi) is 5.28. The molecule has 9 nitrogen and oxygen atoms in total. The molecule has 1 aromatic carbocycles. The number of anilines is 1. The predicted octanol–water partition coefficient (Wildman–Crippen LogP) is -0.0853. The highest BCUT2D eigenvalue weighted by atomic mass is 16.5. The summed E-state index contributed by atoms with van der Waals surface area (Å²) in [6, 6.07) is 6.37. The zero-order chi connectivity index (χ0) is 20.7. The summed E-state index contributed by atoms with van der Waals surface area (Å²) in [6.45, 7) is 4.68. The largest absolute Gasteiger partial charge is 0.367 e. The third-order valence-electron chi connectivity index (χ3n) is 5.90. The summed E-state index contributed by atoms with van der Waals surface area (Å²) in [5, 5.41) is 26.4. The van der Waals surface area contributed by atoms with Gasteiger partial charge < -0.3 is 15.1 Å². The average molecular weight is 401 g/mol. The number of aromatic nitrogens is 2. The molecule has 4 rings (SSSR count). The van der Waals surface area contributed by atoms with Crippen molar-refractivity contribution in [3.05, 3.63) is 23.9 Å². The van der Waals surface area contributed by atoms with Crippen LogP contribution in [0.25, 0.3) is 10.9 Å². The molecule has 2 fully saturated rings. The number of amides is 2. The molecular weight excluding hydrogens is 374 g/mol. The smallest absolute Gasteiger partial charge is 0.235 e. The van der Waals surface area contributed by atoms with Crippen LogP contribution in [-0.4, -0.2) is 75.2 Å². The van der Waals surface area contributed by atoms with Crippen molar-refractivity contribution in [1.29, 1.82) is 0 Å². The molecule has 156 valence electrons. The number of aryl methyl sites for hydroxylation is 1. The molecule has 2 amide bonds. The number of imide groups is 1. The molecule has 9 heteroatoms. The number of rotatable bonds is 4. The van der Waals surface area contributed by atoms with Crippen LogP contribution in [-0.2, 0) is 16.6 Å². The Morgan fingerprint density at radius 2 is 2.07 bits per heavy atom. The zero-order valence-electron chi connectivity index (χ0n) is 16.7. The van der Waals surface area contributed by atoms with E-state index in [2.05, 4.69) is 33.2 Å². The summed E-state index contributed by atoms with van der Waals surface area (Å²) in [5.41, 5.74) is 2.74. The summed E-state index contributed by atoms with van der Waals surface area (Å²) < 4.78 is 1.79. The van der Waals surface area contributed by atoms with Gasteiger partial charge in [-0.25, -0.2) is 0 Å². The molecule has 0 spiro atoms. The van der Waals surface area contributed by atoms with E-state index in [1.54, 1.807) is 4.68 Å². The van der Waals surface area contributed by atoms with Crippen LogP contribution >= 0.6 is 0 Å². The molecule has 0 saturated carbocycles. The fourth-order valence-corrected chi connectivity index (χ4v) is 4.48. The van der Waals surface area contributed by atoms with Gasteiger partial charge in [-0.2, -0.15) is 5.10 Å². The Bertz CT molecular complexity index is 940. The first-order valence-corrected chi connectivity index (χ1v) is 9.99. The van der Waals surface area contributed by atoms with E-state index >= 15 is 0 Å². The minimum atomic E-state index is -1.31. The van der Waals surface area contributed by atoms with Gasteiger partial charge in [0.05, 0.1) is 17.1 Å². The number of carbonyl (C=O) groups excluding carboxylic acids is 2. The van der Waals surface area contributed by atoms with Crippen molar-refractivity contribution in [2.75, 3.05) is 31.1 Å². The molecule has 2 saturated heterocycles. The van der Waals surface area contributed by atoms with E-state index in [1.807, 2.05) is 19.2 Å². The topological polar surface area (TPSA) is 111 Å². The summed E-state index contributed by atoms with van der Waals surface area (Å²) in [5.74, 6) is -0.911. The second-order valence-corrected chi connectivity index (χ2v) is 8.00. The molecule has 1 unspecified atom stereocenters. The first-order valence-electron chi connectivity index (χ1n) is 9.99. The summed E-state index contributed by atoms with van der Waals surface area (Å²) in [4.78, 5) is 28.1. The number of piperazine rings is 1. The number of hydrogen-bond acceptors (Lipinski definition) is 7. The quantitative estimate of drug-likeness (QED) is 0.485. The van der Waals surface area contributed by atoms with E-state index in [0.717, 1.165) is 36.2 Å². The first-order chi connectivity index (χ1) is 13.8. The van der Waals surface area contributed by atoms with Gasteiger partial charge >= 0.3 is 0 Å². The maximum absolute atomic E-state index is 12.3. The lowest BCUT2D eigenvalue weighted by Crippen LogP contribution is -2.53. The second kappa shape index (κ2) is 7.74. The van der Waals surface area contributed by atoms with Crippen LogP contribution in [0.15, 0.2) is 18.2 Å². The number of nitrogens with one attached hydrogen (secondary N) is 1. The maximum Gasteiger partial charge on any atom is 0.235 e. The van der Waals surface area contributed by atoms with Crippen LogP contribution in [0.2, 0.25) is 0 Å². The van der Waals surface area contributed by atoms with Gasteiger partial charge in [-0.05, 0) is 31.5 Å². The molecule has 2 aliphatic heterocycles. The number of carbonyl (C=O) groups is 2. The predicted molar refractivity (Wildman–Crippen MR) is 107 cm³/mol. The third kappa shape index (κ3) is 3.85. The molecule has 0 bridgehead atoms. The molecule has 3 heterocycles. The molecular formula is C20H27N5O4. The normalized spacial score (nSPS) is 23.8. The third-order valence-corrected chi connectivity index (χ3v) is 5.90. The van der Waals surface area contributed by atoms with Crippen molar-refractivity contribution in [2.45, 2.75) is 38.0 Å². The number of hydrogen-bond donors (Lipinski definition) is 3. The minimum Gasteiger partial charge on any atom is -0.367 e. The fraction of sp³-hybridized carbons (Fsp3) is 0.550. The van der Waals surface area contributed by atoms with Crippen molar-refractivity contribution >= 4 is 28.4 Å².